The SMILES string of the molecule is COc1ccc(NS(=O)(=O)c2ccc(C)s2)cc1Cl. The van der Waals surface area contributed by atoms with E-state index in [4.69, 9.17) is 16.3 Å². The summed E-state index contributed by atoms with van der Waals surface area (Å²) in [5, 5.41) is 0.352. The molecule has 19 heavy (non-hydrogen) atoms. The maximum absolute atomic E-state index is 12.1. The van der Waals surface area contributed by atoms with Gasteiger partial charge in [-0.15, -0.1) is 11.3 Å². The van der Waals surface area contributed by atoms with E-state index in [2.05, 4.69) is 4.72 Å². The second-order valence-electron chi connectivity index (χ2n) is 3.82. The number of hydrogen-bond acceptors (Lipinski definition) is 4. The Labute approximate surface area is 121 Å². The van der Waals surface area contributed by atoms with Crippen LogP contribution in [0.2, 0.25) is 5.02 Å². The van der Waals surface area contributed by atoms with E-state index in [1.807, 2.05) is 6.92 Å². The Morgan fingerprint density at radius 1 is 1.26 bits per heavy atom. The molecular formula is C12H12ClNO3S2. The normalized spacial score (nSPS) is 11.3. The molecule has 0 radical (unpaired) electrons. The molecule has 2 rings (SSSR count). The molecule has 0 aliphatic heterocycles. The molecule has 0 aliphatic rings. The third-order valence-corrected chi connectivity index (χ3v) is 5.55. The number of aryl methyl sites for hydroxylation is 1. The molecule has 0 fully saturated rings. The highest BCUT2D eigenvalue weighted by atomic mass is 35.5. The fourth-order valence-electron chi connectivity index (χ4n) is 1.49. The predicted molar refractivity (Wildman–Crippen MR) is 77.9 cm³/mol. The lowest BCUT2D eigenvalue weighted by atomic mass is 10.3. The van der Waals surface area contributed by atoms with Crippen molar-refractivity contribution in [2.75, 3.05) is 11.8 Å². The summed E-state index contributed by atoms with van der Waals surface area (Å²) in [5.41, 5.74) is 0.400. The van der Waals surface area contributed by atoms with Crippen molar-refractivity contribution < 1.29 is 13.2 Å². The van der Waals surface area contributed by atoms with Gasteiger partial charge in [0.05, 0.1) is 17.8 Å². The van der Waals surface area contributed by atoms with Crippen LogP contribution in [0, 0.1) is 6.92 Å². The fraction of sp³-hybridized carbons (Fsp3) is 0.167. The molecule has 0 amide bonds. The van der Waals surface area contributed by atoms with Gasteiger partial charge in [-0.2, -0.15) is 0 Å². The smallest absolute Gasteiger partial charge is 0.271 e. The zero-order valence-corrected chi connectivity index (χ0v) is 12.7. The van der Waals surface area contributed by atoms with Gasteiger partial charge < -0.3 is 4.74 Å². The van der Waals surface area contributed by atoms with Crippen LogP contribution in [-0.2, 0) is 10.0 Å². The summed E-state index contributed by atoms with van der Waals surface area (Å²) in [5.74, 6) is 0.497. The van der Waals surface area contributed by atoms with Crippen LogP contribution in [0.1, 0.15) is 4.88 Å². The number of benzene rings is 1. The highest BCUT2D eigenvalue weighted by Gasteiger charge is 2.16. The molecule has 0 saturated carbocycles. The molecule has 1 aromatic heterocycles. The van der Waals surface area contributed by atoms with Crippen LogP contribution in [-0.4, -0.2) is 15.5 Å². The first kappa shape index (κ1) is 14.2. The van der Waals surface area contributed by atoms with Crippen LogP contribution in [0.5, 0.6) is 5.75 Å². The number of halogens is 1. The fourth-order valence-corrected chi connectivity index (χ4v) is 4.08. The Balaban J connectivity index is 2.28. The van der Waals surface area contributed by atoms with Gasteiger partial charge in [-0.1, -0.05) is 11.6 Å². The standard InChI is InChI=1S/C12H12ClNO3S2/c1-8-3-6-12(18-8)19(15,16)14-9-4-5-11(17-2)10(13)7-9/h3-7,14H,1-2H3. The lowest BCUT2D eigenvalue weighted by molar-refractivity contribution is 0.415. The summed E-state index contributed by atoms with van der Waals surface area (Å²) in [7, 11) is -2.06. The predicted octanol–water partition coefficient (Wildman–Crippen LogP) is 3.52. The van der Waals surface area contributed by atoms with Crippen LogP contribution >= 0.6 is 22.9 Å². The van der Waals surface area contributed by atoms with Gasteiger partial charge in [0.25, 0.3) is 10.0 Å². The summed E-state index contributed by atoms with van der Waals surface area (Å²) < 4.78 is 32.0. The number of thiophene rings is 1. The number of anilines is 1. The highest BCUT2D eigenvalue weighted by molar-refractivity contribution is 7.94. The molecule has 0 atom stereocenters. The van der Waals surface area contributed by atoms with Crippen LogP contribution in [0.15, 0.2) is 34.5 Å². The van der Waals surface area contributed by atoms with Crippen molar-refractivity contribution in [2.24, 2.45) is 0 Å². The minimum Gasteiger partial charge on any atom is -0.495 e. The van der Waals surface area contributed by atoms with Gasteiger partial charge in [0.15, 0.2) is 0 Å². The molecule has 0 spiro atoms. The van der Waals surface area contributed by atoms with Crippen molar-refractivity contribution >= 4 is 38.6 Å². The van der Waals surface area contributed by atoms with E-state index in [0.29, 0.717) is 16.5 Å². The quantitative estimate of drug-likeness (QED) is 0.938. The summed E-state index contributed by atoms with van der Waals surface area (Å²) in [6, 6.07) is 8.06. The van der Waals surface area contributed by atoms with E-state index >= 15 is 0 Å². The van der Waals surface area contributed by atoms with Gasteiger partial charge in [-0.3, -0.25) is 4.72 Å². The van der Waals surface area contributed by atoms with Gasteiger partial charge in [0.1, 0.15) is 9.96 Å². The molecule has 1 N–H and O–H groups in total. The van der Waals surface area contributed by atoms with E-state index in [9.17, 15) is 8.42 Å². The molecule has 1 aromatic carbocycles. The third-order valence-electron chi connectivity index (χ3n) is 2.38. The molecule has 0 bridgehead atoms. The first-order valence-corrected chi connectivity index (χ1v) is 8.03. The maximum Gasteiger partial charge on any atom is 0.271 e. The Kier molecular flexibility index (Phi) is 4.03. The van der Waals surface area contributed by atoms with E-state index in [-0.39, 0.29) is 4.21 Å². The largest absolute Gasteiger partial charge is 0.495 e. The minimum atomic E-state index is -3.56. The van der Waals surface area contributed by atoms with Crippen LogP contribution in [0.25, 0.3) is 0 Å². The summed E-state index contributed by atoms with van der Waals surface area (Å²) in [6.45, 7) is 1.86. The number of hydrogen-bond donors (Lipinski definition) is 1. The van der Waals surface area contributed by atoms with Crippen molar-refractivity contribution in [1.82, 2.24) is 0 Å². The third kappa shape index (κ3) is 3.20. The van der Waals surface area contributed by atoms with E-state index < -0.39 is 10.0 Å². The molecule has 0 aliphatic carbocycles. The van der Waals surface area contributed by atoms with Crippen molar-refractivity contribution in [3.8, 4) is 5.75 Å². The molecule has 2 aromatic rings. The minimum absolute atomic E-state index is 0.275. The van der Waals surface area contributed by atoms with Gasteiger partial charge in [0.2, 0.25) is 0 Å². The van der Waals surface area contributed by atoms with Gasteiger partial charge in [-0.05, 0) is 37.3 Å². The maximum atomic E-state index is 12.1. The number of rotatable bonds is 4. The van der Waals surface area contributed by atoms with Crippen LogP contribution in [0.4, 0.5) is 5.69 Å². The molecule has 7 heteroatoms. The molecule has 4 nitrogen and oxygen atoms in total. The second kappa shape index (κ2) is 5.40. The average Bonchev–Trinajstić information content (AvgIpc) is 2.76. The highest BCUT2D eigenvalue weighted by Crippen LogP contribution is 2.29. The first-order chi connectivity index (χ1) is 8.92. The number of sulfonamides is 1. The summed E-state index contributed by atoms with van der Waals surface area (Å²) >= 11 is 7.17. The molecule has 102 valence electrons. The number of methoxy groups -OCH3 is 1. The van der Waals surface area contributed by atoms with Crippen molar-refractivity contribution in [1.29, 1.82) is 0 Å². The van der Waals surface area contributed by atoms with Gasteiger partial charge in [-0.25, -0.2) is 8.42 Å². The zero-order chi connectivity index (χ0) is 14.0. The molecule has 0 unspecified atom stereocenters. The lowest BCUT2D eigenvalue weighted by Crippen LogP contribution is -2.11. The number of nitrogens with one attached hydrogen (secondary N) is 1. The van der Waals surface area contributed by atoms with Crippen LogP contribution in [0.3, 0.4) is 0 Å². The van der Waals surface area contributed by atoms with Crippen LogP contribution < -0.4 is 9.46 Å². The Morgan fingerprint density at radius 3 is 2.53 bits per heavy atom. The number of ether oxygens (including phenoxy) is 1. The van der Waals surface area contributed by atoms with Crippen molar-refractivity contribution in [3.05, 3.63) is 40.2 Å². The molecule has 1 heterocycles. The lowest BCUT2D eigenvalue weighted by Gasteiger charge is -2.08. The second-order valence-corrected chi connectivity index (χ2v) is 7.42. The van der Waals surface area contributed by atoms with Crippen molar-refractivity contribution in [3.63, 3.8) is 0 Å². The summed E-state index contributed by atoms with van der Waals surface area (Å²) in [4.78, 5) is 0.938. The van der Waals surface area contributed by atoms with E-state index in [1.54, 1.807) is 24.3 Å². The zero-order valence-electron chi connectivity index (χ0n) is 10.3. The Morgan fingerprint density at radius 2 is 2.00 bits per heavy atom. The average molecular weight is 318 g/mol. The Bertz CT molecular complexity index is 695. The monoisotopic (exact) mass is 317 g/mol. The first-order valence-electron chi connectivity index (χ1n) is 5.35. The summed E-state index contributed by atoms with van der Waals surface area (Å²) in [6.07, 6.45) is 0. The van der Waals surface area contributed by atoms with Gasteiger partial charge >= 0.3 is 0 Å². The topological polar surface area (TPSA) is 55.4 Å². The molecular weight excluding hydrogens is 306 g/mol. The van der Waals surface area contributed by atoms with Gasteiger partial charge in [0, 0.05) is 4.88 Å². The van der Waals surface area contributed by atoms with E-state index in [0.717, 1.165) is 4.88 Å². The Hall–Kier alpha value is -1.24. The molecule has 0 saturated heterocycles. The van der Waals surface area contributed by atoms with E-state index in [1.165, 1.54) is 24.5 Å². The van der Waals surface area contributed by atoms with Crippen molar-refractivity contribution in [2.45, 2.75) is 11.1 Å².